The Labute approximate surface area is 170 Å². The second-order valence-electron chi connectivity index (χ2n) is 6.89. The van der Waals surface area contributed by atoms with E-state index in [9.17, 15) is 0 Å². The second-order valence-corrected chi connectivity index (χ2v) is 7.95. The van der Waals surface area contributed by atoms with Crippen LogP contribution in [0.1, 0.15) is 18.2 Å². The first kappa shape index (κ1) is 18.6. The Morgan fingerprint density at radius 2 is 2.00 bits per heavy atom. The Hall–Kier alpha value is -2.72. The molecule has 0 aliphatic carbocycles. The summed E-state index contributed by atoms with van der Waals surface area (Å²) in [7, 11) is 2.13. The largest absolute Gasteiger partial charge is 0.489 e. The standard InChI is InChI=1S/C24H25N2OS/c1-5-13-27-22-16-23-21(14-17(22)3)26(6-2)24(28-23)15-19-12-11-18-9-7-8-10-20(18)25(19)4/h5,7-12,14-16H,1,6,13H2,2-4H3/q+1. The minimum Gasteiger partial charge on any atom is -0.489 e. The van der Waals surface area contributed by atoms with Crippen molar-refractivity contribution in [2.75, 3.05) is 18.1 Å². The summed E-state index contributed by atoms with van der Waals surface area (Å²) in [5.41, 5.74) is 4.83. The maximum atomic E-state index is 5.83. The van der Waals surface area contributed by atoms with Crippen LogP contribution in [0.5, 0.6) is 5.75 Å². The number of hydrogen-bond donors (Lipinski definition) is 0. The highest BCUT2D eigenvalue weighted by molar-refractivity contribution is 8.03. The molecule has 1 aliphatic rings. The number of ether oxygens (including phenoxy) is 1. The maximum Gasteiger partial charge on any atom is 0.212 e. The van der Waals surface area contributed by atoms with Gasteiger partial charge in [-0.05, 0) is 43.7 Å². The number of rotatable bonds is 5. The quantitative estimate of drug-likeness (QED) is 0.425. The number of anilines is 1. The van der Waals surface area contributed by atoms with Crippen LogP contribution >= 0.6 is 11.8 Å². The average molecular weight is 390 g/mol. The minimum atomic E-state index is 0.525. The van der Waals surface area contributed by atoms with Crippen molar-refractivity contribution in [2.45, 2.75) is 18.7 Å². The maximum absolute atomic E-state index is 5.83. The van der Waals surface area contributed by atoms with Gasteiger partial charge < -0.3 is 9.64 Å². The third kappa shape index (κ3) is 3.29. The Morgan fingerprint density at radius 3 is 2.79 bits per heavy atom. The van der Waals surface area contributed by atoms with Crippen molar-refractivity contribution in [2.24, 2.45) is 7.05 Å². The van der Waals surface area contributed by atoms with Crippen molar-refractivity contribution >= 4 is 34.4 Å². The first-order chi connectivity index (χ1) is 13.6. The molecule has 2 heterocycles. The van der Waals surface area contributed by atoms with Gasteiger partial charge in [0, 0.05) is 35.0 Å². The molecule has 4 heteroatoms. The number of fused-ring (bicyclic) bond motifs is 2. The van der Waals surface area contributed by atoms with Crippen LogP contribution in [-0.2, 0) is 7.05 Å². The fraction of sp³-hybridized carbons (Fsp3) is 0.208. The molecule has 0 saturated carbocycles. The fourth-order valence-electron chi connectivity index (χ4n) is 3.60. The predicted octanol–water partition coefficient (Wildman–Crippen LogP) is 5.47. The number of hydrogen-bond acceptors (Lipinski definition) is 3. The van der Waals surface area contributed by atoms with Crippen LogP contribution in [0.4, 0.5) is 5.69 Å². The van der Waals surface area contributed by atoms with Crippen LogP contribution in [0.15, 0.2) is 71.1 Å². The Balaban J connectivity index is 1.74. The lowest BCUT2D eigenvalue weighted by atomic mass is 10.1. The van der Waals surface area contributed by atoms with E-state index in [2.05, 4.69) is 91.5 Å². The molecule has 28 heavy (non-hydrogen) atoms. The number of para-hydroxylation sites is 1. The zero-order valence-corrected chi connectivity index (χ0v) is 17.4. The van der Waals surface area contributed by atoms with Gasteiger partial charge in [-0.2, -0.15) is 4.57 Å². The molecule has 0 radical (unpaired) electrons. The summed E-state index contributed by atoms with van der Waals surface area (Å²) in [6.07, 6.45) is 4.06. The lowest BCUT2D eigenvalue weighted by Crippen LogP contribution is -2.33. The van der Waals surface area contributed by atoms with Crippen LogP contribution in [0.3, 0.4) is 0 Å². The Morgan fingerprint density at radius 1 is 1.18 bits per heavy atom. The molecule has 0 unspecified atom stereocenters. The molecule has 1 aliphatic heterocycles. The molecule has 0 atom stereocenters. The van der Waals surface area contributed by atoms with Crippen LogP contribution in [-0.4, -0.2) is 13.2 Å². The van der Waals surface area contributed by atoms with E-state index in [1.165, 1.54) is 32.2 Å². The zero-order chi connectivity index (χ0) is 19.7. The molecule has 3 aromatic rings. The number of pyridine rings is 1. The summed E-state index contributed by atoms with van der Waals surface area (Å²) in [6.45, 7) is 9.49. The van der Waals surface area contributed by atoms with Gasteiger partial charge in [0.25, 0.3) is 0 Å². The van der Waals surface area contributed by atoms with Gasteiger partial charge in [0.15, 0.2) is 0 Å². The Bertz CT molecular complexity index is 1090. The number of aryl methyl sites for hydroxylation is 2. The molecule has 4 rings (SSSR count). The van der Waals surface area contributed by atoms with Crippen molar-refractivity contribution in [1.82, 2.24) is 0 Å². The van der Waals surface area contributed by atoms with Crippen LogP contribution in [0.2, 0.25) is 0 Å². The van der Waals surface area contributed by atoms with E-state index in [1.54, 1.807) is 17.8 Å². The smallest absolute Gasteiger partial charge is 0.212 e. The molecule has 3 nitrogen and oxygen atoms in total. The van der Waals surface area contributed by atoms with Crippen molar-refractivity contribution in [3.05, 3.63) is 77.5 Å². The molecule has 0 saturated heterocycles. The molecule has 0 spiro atoms. The van der Waals surface area contributed by atoms with Gasteiger partial charge >= 0.3 is 0 Å². The lowest BCUT2D eigenvalue weighted by Gasteiger charge is -2.18. The molecule has 142 valence electrons. The highest BCUT2D eigenvalue weighted by atomic mass is 32.2. The summed E-state index contributed by atoms with van der Waals surface area (Å²) in [6, 6.07) is 17.2. The van der Waals surface area contributed by atoms with Crippen molar-refractivity contribution < 1.29 is 9.30 Å². The summed E-state index contributed by atoms with van der Waals surface area (Å²) in [4.78, 5) is 3.61. The summed E-state index contributed by atoms with van der Waals surface area (Å²) in [5.74, 6) is 0.930. The molecular weight excluding hydrogens is 364 g/mol. The van der Waals surface area contributed by atoms with Crippen LogP contribution < -0.4 is 14.2 Å². The first-order valence-corrected chi connectivity index (χ1v) is 10.4. The minimum absolute atomic E-state index is 0.525. The average Bonchev–Trinajstić information content (AvgIpc) is 3.04. The van der Waals surface area contributed by atoms with Crippen LogP contribution in [0.25, 0.3) is 17.0 Å². The monoisotopic (exact) mass is 389 g/mol. The van der Waals surface area contributed by atoms with Gasteiger partial charge in [0.05, 0.1) is 10.7 Å². The van der Waals surface area contributed by atoms with E-state index >= 15 is 0 Å². The van der Waals surface area contributed by atoms with E-state index < -0.39 is 0 Å². The second kappa shape index (κ2) is 7.72. The number of nitrogens with zero attached hydrogens (tertiary/aromatic N) is 2. The van der Waals surface area contributed by atoms with Gasteiger partial charge in [-0.3, -0.25) is 0 Å². The molecule has 2 aromatic carbocycles. The van der Waals surface area contributed by atoms with Gasteiger partial charge in [0.1, 0.15) is 19.4 Å². The third-order valence-electron chi connectivity index (χ3n) is 5.09. The SMILES string of the molecule is C=CCOc1cc2c(cc1C)N(CC)/C(=C/c1ccc3ccccc3[n+]1C)S2. The molecule has 0 amide bonds. The van der Waals surface area contributed by atoms with E-state index in [0.717, 1.165) is 17.9 Å². The zero-order valence-electron chi connectivity index (χ0n) is 16.6. The van der Waals surface area contributed by atoms with E-state index in [0.29, 0.717) is 6.61 Å². The number of thioether (sulfide) groups is 1. The highest BCUT2D eigenvalue weighted by Crippen LogP contribution is 2.48. The third-order valence-corrected chi connectivity index (χ3v) is 6.19. The first-order valence-electron chi connectivity index (χ1n) is 9.55. The predicted molar refractivity (Wildman–Crippen MR) is 119 cm³/mol. The summed E-state index contributed by atoms with van der Waals surface area (Å²) >= 11 is 1.80. The fourth-order valence-corrected chi connectivity index (χ4v) is 4.78. The van der Waals surface area contributed by atoms with Gasteiger partial charge in [-0.1, -0.05) is 36.5 Å². The molecule has 0 bridgehead atoms. The molecule has 0 N–H and O–H groups in total. The van der Waals surface area contributed by atoms with E-state index in [-0.39, 0.29) is 0 Å². The molecule has 0 fully saturated rings. The van der Waals surface area contributed by atoms with Crippen molar-refractivity contribution in [1.29, 1.82) is 0 Å². The summed E-state index contributed by atoms with van der Waals surface area (Å²) in [5, 5.41) is 2.49. The van der Waals surface area contributed by atoms with Crippen molar-refractivity contribution in [3.8, 4) is 5.75 Å². The topological polar surface area (TPSA) is 16.4 Å². The molecular formula is C24H25N2OS+. The Kier molecular flexibility index (Phi) is 5.14. The summed E-state index contributed by atoms with van der Waals surface area (Å²) < 4.78 is 8.08. The normalized spacial score (nSPS) is 14.5. The lowest BCUT2D eigenvalue weighted by molar-refractivity contribution is -0.646. The number of benzene rings is 2. The van der Waals surface area contributed by atoms with Gasteiger partial charge in [-0.15, -0.1) is 0 Å². The number of aromatic nitrogens is 1. The highest BCUT2D eigenvalue weighted by Gasteiger charge is 2.26. The van der Waals surface area contributed by atoms with E-state index in [1.807, 2.05) is 0 Å². The van der Waals surface area contributed by atoms with Gasteiger partial charge in [-0.25, -0.2) is 0 Å². The van der Waals surface area contributed by atoms with Crippen molar-refractivity contribution in [3.63, 3.8) is 0 Å². The molecule has 1 aromatic heterocycles. The van der Waals surface area contributed by atoms with Gasteiger partial charge in [0.2, 0.25) is 11.2 Å². The van der Waals surface area contributed by atoms with Crippen LogP contribution in [0, 0.1) is 6.92 Å². The van der Waals surface area contributed by atoms with E-state index in [4.69, 9.17) is 4.74 Å².